The minimum Gasteiger partial charge on any atom is -0.302 e. The lowest BCUT2D eigenvalue weighted by atomic mass is 10.3. The molecule has 0 spiro atoms. The molecule has 2 N–H and O–H groups in total. The summed E-state index contributed by atoms with van der Waals surface area (Å²) in [4.78, 5) is 34.3. The third-order valence-corrected chi connectivity index (χ3v) is 10.5. The van der Waals surface area contributed by atoms with Crippen LogP contribution >= 0.6 is 56.0 Å². The number of hydrogen-bond donors (Lipinski definition) is 2. The van der Waals surface area contributed by atoms with E-state index in [1.54, 1.807) is 24.3 Å². The van der Waals surface area contributed by atoms with Crippen LogP contribution in [-0.4, -0.2) is 30.2 Å². The Morgan fingerprint density at radius 3 is 1.79 bits per heavy atom. The zero-order valence-electron chi connectivity index (χ0n) is 18.3. The van der Waals surface area contributed by atoms with E-state index in [-0.39, 0.29) is 16.0 Å². The molecule has 0 unspecified atom stereocenters. The number of hydrogen-bond acceptors (Lipinski definition) is 10. The van der Waals surface area contributed by atoms with E-state index in [2.05, 4.69) is 26.7 Å². The summed E-state index contributed by atoms with van der Waals surface area (Å²) in [5.74, 6) is -0.281. The van der Waals surface area contributed by atoms with Gasteiger partial charge in [0.05, 0.1) is 21.1 Å². The normalized spacial score (nSPS) is 11.0. The van der Waals surface area contributed by atoms with Crippen LogP contribution in [0.2, 0.25) is 0 Å². The van der Waals surface area contributed by atoms with E-state index in [1.165, 1.54) is 47.5 Å². The number of aryl methyl sites for hydroxylation is 2. The van der Waals surface area contributed by atoms with Crippen LogP contribution in [-0.2, 0) is 18.6 Å². The molecule has 0 saturated heterocycles. The van der Waals surface area contributed by atoms with Gasteiger partial charge >= 0.3 is 0 Å². The van der Waals surface area contributed by atoms with Gasteiger partial charge in [0.1, 0.15) is 4.21 Å². The Kier molecular flexibility index (Phi) is 8.60. The molecule has 0 aliphatic heterocycles. The Balaban J connectivity index is 0.000000196. The van der Waals surface area contributed by atoms with Gasteiger partial charge in [-0.3, -0.25) is 9.59 Å². The van der Waals surface area contributed by atoms with Gasteiger partial charge in [-0.1, -0.05) is 28.7 Å². The molecule has 0 aromatic carbocycles. The Hall–Kier alpha value is -2.16. The number of aromatic nitrogens is 2. The molecule has 2 amide bonds. The van der Waals surface area contributed by atoms with Crippen molar-refractivity contribution < 1.29 is 18.0 Å². The van der Waals surface area contributed by atoms with Crippen LogP contribution in [0.3, 0.4) is 0 Å². The lowest BCUT2D eigenvalue weighted by Crippen LogP contribution is -2.04. The van der Waals surface area contributed by atoms with Gasteiger partial charge in [0.25, 0.3) is 9.05 Å². The summed E-state index contributed by atoms with van der Waals surface area (Å²) >= 11 is 5.56. The van der Waals surface area contributed by atoms with E-state index in [0.717, 1.165) is 37.4 Å². The van der Waals surface area contributed by atoms with Crippen molar-refractivity contribution in [2.45, 2.75) is 31.9 Å². The molecule has 0 aliphatic carbocycles. The molecule has 0 bridgehead atoms. The zero-order chi connectivity index (χ0) is 25.0. The van der Waals surface area contributed by atoms with Gasteiger partial charge in [-0.25, -0.2) is 18.4 Å². The second-order valence-electron chi connectivity index (χ2n) is 6.76. The van der Waals surface area contributed by atoms with Crippen molar-refractivity contribution in [3.05, 3.63) is 41.0 Å². The monoisotopic (exact) mass is 574 g/mol. The van der Waals surface area contributed by atoms with E-state index in [0.29, 0.717) is 10.3 Å². The van der Waals surface area contributed by atoms with Gasteiger partial charge < -0.3 is 10.6 Å². The first-order chi connectivity index (χ1) is 15.9. The number of carbonyl (C=O) groups excluding carboxylic acids is 2. The number of thiophene rings is 2. The molecule has 180 valence electrons. The van der Waals surface area contributed by atoms with Crippen LogP contribution in [0.4, 0.5) is 10.3 Å². The van der Waals surface area contributed by atoms with Crippen LogP contribution < -0.4 is 10.6 Å². The zero-order valence-corrected chi connectivity index (χ0v) is 23.2. The molecule has 0 aliphatic rings. The standard InChI is InChI=1S/C10H9ClN2O3S3.C10H10N2OS2/c1-5-9(18-10(12-5)13-6(2)14)7-3-4-8(17-7)19(11,15)16;1-6-9(8-4-3-5-14-8)15-10(11-6)12-7(2)13/h3-4H,1-2H3,(H,12,13,14);3-5H,1-2H3,(H,11,12,13). The molecule has 14 heteroatoms. The smallest absolute Gasteiger partial charge is 0.270 e. The Bertz CT molecular complexity index is 1420. The third kappa shape index (κ3) is 6.93. The van der Waals surface area contributed by atoms with Gasteiger partial charge in [-0.05, 0) is 37.4 Å². The summed E-state index contributed by atoms with van der Waals surface area (Å²) in [6.07, 6.45) is 0. The van der Waals surface area contributed by atoms with Gasteiger partial charge in [0.2, 0.25) is 11.8 Å². The SMILES string of the molecule is CC(=O)Nc1nc(C)c(-c2ccc(S(=O)(=O)Cl)s2)s1.CC(=O)Nc1nc(C)c(-c2cccs2)s1. The maximum Gasteiger partial charge on any atom is 0.270 e. The predicted molar refractivity (Wildman–Crippen MR) is 142 cm³/mol. The highest BCUT2D eigenvalue weighted by Crippen LogP contribution is 2.39. The molecule has 8 nitrogen and oxygen atoms in total. The van der Waals surface area contributed by atoms with Crippen molar-refractivity contribution in [1.82, 2.24) is 9.97 Å². The average Bonchev–Trinajstić information content (AvgIpc) is 3.48. The van der Waals surface area contributed by atoms with Crippen molar-refractivity contribution >= 4 is 87.2 Å². The Labute approximate surface area is 217 Å². The third-order valence-electron chi connectivity index (χ3n) is 3.95. The first-order valence-corrected chi connectivity index (χ1v) is 15.2. The second-order valence-corrected chi connectivity index (χ2v) is 13.6. The van der Waals surface area contributed by atoms with E-state index in [1.807, 2.05) is 18.4 Å². The highest BCUT2D eigenvalue weighted by molar-refractivity contribution is 8.15. The first kappa shape index (κ1) is 26.4. The number of nitrogens with one attached hydrogen (secondary N) is 2. The fourth-order valence-electron chi connectivity index (χ4n) is 2.64. The number of nitrogens with zero attached hydrogens (tertiary/aromatic N) is 2. The molecule has 0 radical (unpaired) electrons. The molecule has 4 heterocycles. The largest absolute Gasteiger partial charge is 0.302 e. The van der Waals surface area contributed by atoms with Crippen molar-refractivity contribution in [3.8, 4) is 19.5 Å². The molecular formula is C20H19ClN4O4S5. The van der Waals surface area contributed by atoms with Crippen LogP contribution in [0.1, 0.15) is 25.2 Å². The summed E-state index contributed by atoms with van der Waals surface area (Å²) in [5, 5.41) is 8.50. The maximum atomic E-state index is 11.2. The molecule has 4 aromatic rings. The van der Waals surface area contributed by atoms with Crippen molar-refractivity contribution in [3.63, 3.8) is 0 Å². The van der Waals surface area contributed by atoms with Crippen LogP contribution in [0.25, 0.3) is 19.5 Å². The maximum absolute atomic E-state index is 11.2. The predicted octanol–water partition coefficient (Wildman–Crippen LogP) is 6.20. The molecule has 0 fully saturated rings. The Morgan fingerprint density at radius 1 is 0.853 bits per heavy atom. The van der Waals surface area contributed by atoms with Crippen LogP contribution in [0, 0.1) is 13.8 Å². The van der Waals surface area contributed by atoms with Gasteiger partial charge in [0, 0.05) is 34.3 Å². The van der Waals surface area contributed by atoms with Crippen molar-refractivity contribution in [1.29, 1.82) is 0 Å². The quantitative estimate of drug-likeness (QED) is 0.274. The van der Waals surface area contributed by atoms with E-state index in [4.69, 9.17) is 10.7 Å². The minimum absolute atomic E-state index is 0.0820. The number of anilines is 2. The second kappa shape index (κ2) is 11.1. The number of rotatable bonds is 5. The number of amides is 2. The fraction of sp³-hybridized carbons (Fsp3) is 0.200. The summed E-state index contributed by atoms with van der Waals surface area (Å²) in [7, 11) is 1.58. The van der Waals surface area contributed by atoms with Crippen molar-refractivity contribution in [2.75, 3.05) is 10.6 Å². The van der Waals surface area contributed by atoms with Crippen molar-refractivity contribution in [2.24, 2.45) is 0 Å². The summed E-state index contributed by atoms with van der Waals surface area (Å²) in [5.41, 5.74) is 1.69. The van der Waals surface area contributed by atoms with E-state index in [9.17, 15) is 18.0 Å². The van der Waals surface area contributed by atoms with Gasteiger partial charge in [-0.15, -0.1) is 22.7 Å². The molecule has 4 aromatic heterocycles. The average molecular weight is 575 g/mol. The highest BCUT2D eigenvalue weighted by Gasteiger charge is 2.17. The Morgan fingerprint density at radius 2 is 1.38 bits per heavy atom. The first-order valence-electron chi connectivity index (χ1n) is 9.53. The molecular weight excluding hydrogens is 556 g/mol. The molecule has 0 atom stereocenters. The fourth-order valence-corrected chi connectivity index (χ4v) is 7.80. The topological polar surface area (TPSA) is 118 Å². The number of halogens is 1. The number of carbonyl (C=O) groups is 2. The summed E-state index contributed by atoms with van der Waals surface area (Å²) in [6.45, 7) is 6.64. The summed E-state index contributed by atoms with van der Waals surface area (Å²) in [6, 6.07) is 7.21. The highest BCUT2D eigenvalue weighted by atomic mass is 35.7. The van der Waals surface area contributed by atoms with Crippen LogP contribution in [0.15, 0.2) is 33.9 Å². The summed E-state index contributed by atoms with van der Waals surface area (Å²) < 4.78 is 22.5. The lowest BCUT2D eigenvalue weighted by Gasteiger charge is -1.92. The van der Waals surface area contributed by atoms with E-state index < -0.39 is 9.05 Å². The lowest BCUT2D eigenvalue weighted by molar-refractivity contribution is -0.115. The van der Waals surface area contributed by atoms with Crippen LogP contribution in [0.5, 0.6) is 0 Å². The van der Waals surface area contributed by atoms with E-state index >= 15 is 0 Å². The van der Waals surface area contributed by atoms with Gasteiger partial charge in [0.15, 0.2) is 10.3 Å². The molecule has 34 heavy (non-hydrogen) atoms. The molecule has 4 rings (SSSR count). The number of thiazole rings is 2. The minimum atomic E-state index is -3.71. The van der Waals surface area contributed by atoms with Gasteiger partial charge in [-0.2, -0.15) is 0 Å². The molecule has 0 saturated carbocycles.